The Bertz CT molecular complexity index is 378. The summed E-state index contributed by atoms with van der Waals surface area (Å²) in [7, 11) is 1.58. The zero-order valence-corrected chi connectivity index (χ0v) is 18.0. The van der Waals surface area contributed by atoms with Gasteiger partial charge < -0.3 is 19.7 Å². The number of hydrogen-bond acceptors (Lipinski definition) is 5. The van der Waals surface area contributed by atoms with Crippen molar-refractivity contribution in [2.75, 3.05) is 7.11 Å². The van der Waals surface area contributed by atoms with Gasteiger partial charge in [-0.1, -0.05) is 19.4 Å². The third kappa shape index (κ3) is 12.7. The summed E-state index contributed by atoms with van der Waals surface area (Å²) >= 11 is 0. The van der Waals surface area contributed by atoms with Gasteiger partial charge in [-0.25, -0.2) is 0 Å². The normalized spacial score (nSPS) is 7.89. The van der Waals surface area contributed by atoms with E-state index in [0.717, 1.165) is 19.1 Å². The monoisotopic (exact) mass is 316 g/mol. The Kier molecular flexibility index (Phi) is 20.7. The van der Waals surface area contributed by atoms with Crippen LogP contribution in [0.3, 0.4) is 0 Å². The first-order valence-corrected chi connectivity index (χ1v) is 5.05. The smallest absolute Gasteiger partial charge is 0.652 e. The van der Waals surface area contributed by atoms with Crippen LogP contribution in [0.4, 0.5) is 4.79 Å². The van der Waals surface area contributed by atoms with Crippen molar-refractivity contribution in [2.45, 2.75) is 19.8 Å². The van der Waals surface area contributed by atoms with Gasteiger partial charge in [0.25, 0.3) is 0 Å². The van der Waals surface area contributed by atoms with Crippen LogP contribution in [0.25, 0.3) is 0 Å². The molecule has 0 atom stereocenters. The molecule has 0 unspecified atom stereocenters. The van der Waals surface area contributed by atoms with Crippen molar-refractivity contribution in [1.29, 1.82) is 0 Å². The topological polar surface area (TPSA) is 89.5 Å². The molecule has 0 aliphatic rings. The average Bonchev–Trinajstić information content (AvgIpc) is 2.28. The predicted octanol–water partition coefficient (Wildman–Crippen LogP) is -5.98. The molecule has 0 bridgehead atoms. The third-order valence-electron chi connectivity index (χ3n) is 1.96. The van der Waals surface area contributed by atoms with Gasteiger partial charge in [-0.05, 0) is 30.3 Å². The second-order valence-corrected chi connectivity index (χ2v) is 3.19. The van der Waals surface area contributed by atoms with Crippen LogP contribution in [-0.4, -0.2) is 19.6 Å². The van der Waals surface area contributed by atoms with Gasteiger partial charge >= 0.3 is 103 Å². The number of benzene rings is 1. The van der Waals surface area contributed by atoms with Gasteiger partial charge in [-0.3, -0.25) is 4.79 Å². The van der Waals surface area contributed by atoms with Gasteiger partial charge in [-0.15, -0.1) is 0 Å². The molecule has 0 aliphatic heterocycles. The fourth-order valence-corrected chi connectivity index (χ4v) is 1.30. The standard InChI is InChI=1S/C11H14O2.CH2O3.2K/c1-3-4-9-5-6-10(8-12)11(7-9)13-2;2-1(3)4;;/h5-8H,3-4H2,1-2H3;(H2,2,3,4);;/q;;2*+1/p-2. The molecule has 7 heteroatoms. The fraction of sp³-hybridized carbons (Fsp3) is 0.333. The van der Waals surface area contributed by atoms with Crippen LogP contribution in [0.2, 0.25) is 0 Å². The molecule has 0 radical (unpaired) electrons. The zero-order valence-electron chi connectivity index (χ0n) is 11.8. The number of methoxy groups -OCH3 is 1. The van der Waals surface area contributed by atoms with E-state index in [2.05, 4.69) is 6.92 Å². The summed E-state index contributed by atoms with van der Waals surface area (Å²) in [6.45, 7) is 2.13. The molecule has 0 spiro atoms. The molecule has 0 N–H and O–H groups in total. The number of aldehydes is 1. The van der Waals surface area contributed by atoms with E-state index in [1.807, 2.05) is 12.1 Å². The Morgan fingerprint density at radius 1 is 1.32 bits per heavy atom. The number of rotatable bonds is 4. The van der Waals surface area contributed by atoms with Crippen LogP contribution in [0, 0.1) is 0 Å². The van der Waals surface area contributed by atoms with Crippen LogP contribution in [0.15, 0.2) is 18.2 Å². The van der Waals surface area contributed by atoms with Gasteiger partial charge in [0, 0.05) is 0 Å². The van der Waals surface area contributed by atoms with Crippen molar-refractivity contribution in [3.63, 3.8) is 0 Å². The van der Waals surface area contributed by atoms with E-state index in [0.29, 0.717) is 11.3 Å². The van der Waals surface area contributed by atoms with Crippen LogP contribution in [-0.2, 0) is 6.42 Å². The molecule has 1 rings (SSSR count). The van der Waals surface area contributed by atoms with Crippen LogP contribution in [0.1, 0.15) is 29.3 Å². The molecule has 0 saturated carbocycles. The number of carbonyl (C=O) groups is 2. The predicted molar refractivity (Wildman–Crippen MR) is 57.8 cm³/mol. The molecule has 0 fully saturated rings. The molecule has 0 aromatic heterocycles. The number of hydrogen-bond donors (Lipinski definition) is 0. The van der Waals surface area contributed by atoms with E-state index >= 15 is 0 Å². The Hall–Kier alpha value is 1.23. The molecule has 0 heterocycles. The largest absolute Gasteiger partial charge is 1.00 e. The minimum atomic E-state index is -2.33. The van der Waals surface area contributed by atoms with Crippen molar-refractivity contribution in [2.24, 2.45) is 0 Å². The summed E-state index contributed by atoms with van der Waals surface area (Å²) in [5.74, 6) is 0.668. The molecule has 0 saturated heterocycles. The molecule has 0 amide bonds. The van der Waals surface area contributed by atoms with Gasteiger partial charge in [0.15, 0.2) is 6.29 Å². The quantitative estimate of drug-likeness (QED) is 0.407. The fourth-order valence-electron chi connectivity index (χ4n) is 1.30. The summed E-state index contributed by atoms with van der Waals surface area (Å²) in [5, 5.41) is 16.7. The molecule has 19 heavy (non-hydrogen) atoms. The van der Waals surface area contributed by atoms with E-state index in [1.54, 1.807) is 13.2 Å². The van der Waals surface area contributed by atoms with Gasteiger partial charge in [0.2, 0.25) is 0 Å². The first-order chi connectivity index (χ1) is 8.04. The summed E-state index contributed by atoms with van der Waals surface area (Å²) in [5.41, 5.74) is 1.83. The molecule has 5 nitrogen and oxygen atoms in total. The third-order valence-corrected chi connectivity index (χ3v) is 1.96. The maximum atomic E-state index is 10.6. The zero-order chi connectivity index (χ0) is 13.3. The first-order valence-electron chi connectivity index (χ1n) is 5.05. The van der Waals surface area contributed by atoms with E-state index < -0.39 is 6.16 Å². The molecule has 1 aromatic rings. The van der Waals surface area contributed by atoms with E-state index in [1.165, 1.54) is 5.56 Å². The first kappa shape index (κ1) is 25.2. The second kappa shape index (κ2) is 15.6. The van der Waals surface area contributed by atoms with Crippen molar-refractivity contribution >= 4 is 12.4 Å². The number of carbonyl (C=O) groups excluding carboxylic acids is 2. The summed E-state index contributed by atoms with van der Waals surface area (Å²) in [6, 6.07) is 5.69. The minimum absolute atomic E-state index is 0. The van der Waals surface area contributed by atoms with Crippen LogP contribution < -0.4 is 118 Å². The van der Waals surface area contributed by atoms with E-state index in [9.17, 15) is 4.79 Å². The van der Waals surface area contributed by atoms with Gasteiger partial charge in [0.1, 0.15) is 5.75 Å². The summed E-state index contributed by atoms with van der Waals surface area (Å²) in [4.78, 5) is 18.9. The average molecular weight is 316 g/mol. The number of carboxylic acid groups (broad SMARTS) is 2. The van der Waals surface area contributed by atoms with Crippen molar-refractivity contribution in [1.82, 2.24) is 0 Å². The van der Waals surface area contributed by atoms with E-state index in [-0.39, 0.29) is 103 Å². The second-order valence-electron chi connectivity index (χ2n) is 3.19. The van der Waals surface area contributed by atoms with Crippen LogP contribution >= 0.6 is 0 Å². The molecule has 1 aromatic carbocycles. The maximum Gasteiger partial charge on any atom is 1.00 e. The van der Waals surface area contributed by atoms with E-state index in [4.69, 9.17) is 19.7 Å². The van der Waals surface area contributed by atoms with Crippen molar-refractivity contribution in [3.8, 4) is 5.75 Å². The van der Waals surface area contributed by atoms with Crippen molar-refractivity contribution in [3.05, 3.63) is 29.3 Å². The van der Waals surface area contributed by atoms with Crippen LogP contribution in [0.5, 0.6) is 5.75 Å². The molecular formula is C12H14K2O5. The number of ether oxygens (including phenoxy) is 1. The summed E-state index contributed by atoms with van der Waals surface area (Å²) < 4.78 is 5.09. The Balaban J connectivity index is -0.000000379. The van der Waals surface area contributed by atoms with Gasteiger partial charge in [0.05, 0.1) is 12.7 Å². The number of aryl methyl sites for hydroxylation is 1. The Morgan fingerprint density at radius 3 is 2.21 bits per heavy atom. The Labute approximate surface area is 197 Å². The SMILES string of the molecule is CCCc1ccc(C=O)c(OC)c1.O=C([O-])[O-].[K+].[K+]. The molecular weight excluding hydrogens is 302 g/mol. The minimum Gasteiger partial charge on any atom is -0.652 e. The maximum absolute atomic E-state index is 10.6. The van der Waals surface area contributed by atoms with Crippen molar-refractivity contribution < 1.29 is 127 Å². The summed E-state index contributed by atoms with van der Waals surface area (Å²) in [6.07, 6.45) is 0.605. The van der Waals surface area contributed by atoms with Gasteiger partial charge in [-0.2, -0.15) is 0 Å². The molecule has 0 aliphatic carbocycles. The Morgan fingerprint density at radius 2 is 1.84 bits per heavy atom. The molecule has 94 valence electrons.